The van der Waals surface area contributed by atoms with Crippen LogP contribution in [0.3, 0.4) is 0 Å². The predicted molar refractivity (Wildman–Crippen MR) is 137 cm³/mol. The molecule has 0 aromatic heterocycles. The van der Waals surface area contributed by atoms with Crippen molar-refractivity contribution >= 4 is 29.4 Å². The summed E-state index contributed by atoms with van der Waals surface area (Å²) >= 11 is 1.46. The van der Waals surface area contributed by atoms with Crippen LogP contribution in [0.4, 0.5) is 10.5 Å². The molecule has 3 N–H and O–H groups in total. The first-order valence-electron chi connectivity index (χ1n) is 11.9. The van der Waals surface area contributed by atoms with Gasteiger partial charge < -0.3 is 20.7 Å². The highest BCUT2D eigenvalue weighted by Gasteiger charge is 2.43. The third-order valence-electron chi connectivity index (χ3n) is 6.72. The van der Waals surface area contributed by atoms with E-state index in [1.807, 2.05) is 67.7 Å². The number of para-hydroxylation sites is 1. The van der Waals surface area contributed by atoms with E-state index in [4.69, 9.17) is 4.74 Å². The van der Waals surface area contributed by atoms with Crippen LogP contribution in [0.5, 0.6) is 11.5 Å². The lowest BCUT2D eigenvalue weighted by Gasteiger charge is -2.35. The highest BCUT2D eigenvalue weighted by Crippen LogP contribution is 2.46. The molecule has 3 amide bonds. The van der Waals surface area contributed by atoms with Crippen molar-refractivity contribution in [3.05, 3.63) is 88.2 Å². The first-order valence-corrected chi connectivity index (χ1v) is 12.8. The number of ether oxygens (including phenoxy) is 1. The molecule has 35 heavy (non-hydrogen) atoms. The van der Waals surface area contributed by atoms with Gasteiger partial charge in [-0.1, -0.05) is 42.8 Å². The molecule has 4 aliphatic rings. The molecular weight excluding hydrogens is 460 g/mol. The molecule has 1 saturated carbocycles. The van der Waals surface area contributed by atoms with Gasteiger partial charge in [0.1, 0.15) is 16.9 Å². The summed E-state index contributed by atoms with van der Waals surface area (Å²) in [4.78, 5) is 28.8. The van der Waals surface area contributed by atoms with Crippen LogP contribution in [-0.4, -0.2) is 23.4 Å². The fourth-order valence-corrected chi connectivity index (χ4v) is 6.24. The van der Waals surface area contributed by atoms with Crippen LogP contribution in [0.1, 0.15) is 31.2 Å². The van der Waals surface area contributed by atoms with Gasteiger partial charge in [0.2, 0.25) is 0 Å². The maximum atomic E-state index is 13.4. The number of aryl methyl sites for hydroxylation is 1. The quantitative estimate of drug-likeness (QED) is 0.552. The topological polar surface area (TPSA) is 82.7 Å². The first-order chi connectivity index (χ1) is 17.1. The van der Waals surface area contributed by atoms with Crippen LogP contribution in [0.15, 0.2) is 82.7 Å². The highest BCUT2D eigenvalue weighted by atomic mass is 32.2. The molecule has 0 radical (unpaired) electrons. The van der Waals surface area contributed by atoms with Crippen molar-refractivity contribution in [1.29, 1.82) is 0 Å². The van der Waals surface area contributed by atoms with Crippen molar-refractivity contribution < 1.29 is 14.3 Å². The van der Waals surface area contributed by atoms with E-state index < -0.39 is 0 Å². The Hall–Kier alpha value is -3.65. The molecule has 0 spiro atoms. The number of hydrogen-bond donors (Lipinski definition) is 3. The normalized spacial score (nSPS) is 21.1. The summed E-state index contributed by atoms with van der Waals surface area (Å²) in [6, 6.07) is 15.2. The number of allylic oxidation sites excluding steroid dienone is 1. The average molecular weight is 487 g/mol. The zero-order valence-electron chi connectivity index (χ0n) is 19.3. The van der Waals surface area contributed by atoms with E-state index in [1.165, 1.54) is 11.8 Å². The molecule has 3 heterocycles. The Kier molecular flexibility index (Phi) is 5.53. The zero-order valence-corrected chi connectivity index (χ0v) is 20.2. The number of nitrogens with one attached hydrogen (secondary N) is 3. The highest BCUT2D eigenvalue weighted by molar-refractivity contribution is 8.05. The van der Waals surface area contributed by atoms with E-state index >= 15 is 0 Å². The van der Waals surface area contributed by atoms with Gasteiger partial charge in [0, 0.05) is 11.6 Å². The van der Waals surface area contributed by atoms with Gasteiger partial charge in [-0.25, -0.2) is 4.79 Å². The van der Waals surface area contributed by atoms with Crippen LogP contribution in [0.2, 0.25) is 0 Å². The number of rotatable bonds is 5. The minimum atomic E-state index is -0.280. The van der Waals surface area contributed by atoms with E-state index in [-0.39, 0.29) is 23.4 Å². The van der Waals surface area contributed by atoms with Crippen molar-refractivity contribution in [3.8, 4) is 11.5 Å². The minimum Gasteiger partial charge on any atom is -0.457 e. The van der Waals surface area contributed by atoms with E-state index in [9.17, 15) is 9.59 Å². The van der Waals surface area contributed by atoms with Crippen LogP contribution in [-0.2, 0) is 4.79 Å². The molecule has 0 saturated heterocycles. The van der Waals surface area contributed by atoms with Gasteiger partial charge in [0.05, 0.1) is 22.0 Å². The average Bonchev–Trinajstić information content (AvgIpc) is 3.50. The standard InChI is InChI=1S/C27H26N4O3S/c1-16-15-19(34-18-9-3-2-4-10-18)11-12-20(16)31-21-13-14-28-26-22(21)23(30-27(31)33)24(35-26)25(32)29-17-7-5-6-8-17/h2-4,9-15,17,26,28H,5-8H2,1H3,(H,29,32)(H,30,33). The summed E-state index contributed by atoms with van der Waals surface area (Å²) in [5.74, 6) is 1.35. The second kappa shape index (κ2) is 8.85. The molecule has 1 atom stereocenters. The molecular formula is C27H26N4O3S. The lowest BCUT2D eigenvalue weighted by atomic mass is 10.0. The van der Waals surface area contributed by atoms with Crippen LogP contribution in [0, 0.1) is 6.92 Å². The van der Waals surface area contributed by atoms with Gasteiger partial charge in [0.15, 0.2) is 0 Å². The second-order valence-corrected chi connectivity index (χ2v) is 10.2. The predicted octanol–water partition coefficient (Wildman–Crippen LogP) is 5.03. The number of hydrogen-bond acceptors (Lipinski definition) is 5. The van der Waals surface area contributed by atoms with Crippen molar-refractivity contribution in [2.24, 2.45) is 0 Å². The Bertz CT molecular complexity index is 1290. The van der Waals surface area contributed by atoms with E-state index in [0.29, 0.717) is 16.4 Å². The molecule has 7 nitrogen and oxygen atoms in total. The maximum absolute atomic E-state index is 13.4. The molecule has 1 fully saturated rings. The van der Waals surface area contributed by atoms with Gasteiger partial charge in [-0.15, -0.1) is 0 Å². The van der Waals surface area contributed by atoms with Crippen molar-refractivity contribution in [1.82, 2.24) is 16.0 Å². The Labute approximate surface area is 208 Å². The summed E-state index contributed by atoms with van der Waals surface area (Å²) in [5.41, 5.74) is 4.00. The first kappa shape index (κ1) is 21.9. The summed E-state index contributed by atoms with van der Waals surface area (Å²) < 4.78 is 5.96. The smallest absolute Gasteiger partial charge is 0.331 e. The third-order valence-corrected chi connectivity index (χ3v) is 7.95. The fraction of sp³-hybridized carbons (Fsp3) is 0.259. The largest absolute Gasteiger partial charge is 0.457 e. The molecule has 2 aromatic carbocycles. The Morgan fingerprint density at radius 1 is 1.11 bits per heavy atom. The summed E-state index contributed by atoms with van der Waals surface area (Å²) in [6.07, 6.45) is 8.07. The summed E-state index contributed by atoms with van der Waals surface area (Å²) in [7, 11) is 0. The molecule has 0 bridgehead atoms. The molecule has 3 aliphatic heterocycles. The lowest BCUT2D eigenvalue weighted by molar-refractivity contribution is -0.117. The van der Waals surface area contributed by atoms with Gasteiger partial charge in [-0.05, 0) is 67.9 Å². The van der Waals surface area contributed by atoms with Gasteiger partial charge >= 0.3 is 6.03 Å². The molecule has 6 rings (SSSR count). The van der Waals surface area contributed by atoms with Crippen LogP contribution >= 0.6 is 11.8 Å². The molecule has 1 aliphatic carbocycles. The zero-order chi connectivity index (χ0) is 23.9. The number of urea groups is 1. The lowest BCUT2D eigenvalue weighted by Crippen LogP contribution is -2.47. The minimum absolute atomic E-state index is 0.104. The molecule has 1 unspecified atom stereocenters. The van der Waals surface area contributed by atoms with Gasteiger partial charge in [-0.2, -0.15) is 0 Å². The number of thioether (sulfide) groups is 1. The van der Waals surface area contributed by atoms with Crippen molar-refractivity contribution in [2.75, 3.05) is 4.90 Å². The number of amides is 3. The van der Waals surface area contributed by atoms with Gasteiger partial charge in [0.25, 0.3) is 5.91 Å². The van der Waals surface area contributed by atoms with Crippen LogP contribution in [0.25, 0.3) is 0 Å². The second-order valence-electron chi connectivity index (χ2n) is 9.08. The number of benzene rings is 2. The number of carbonyl (C=O) groups excluding carboxylic acids is 2. The van der Waals surface area contributed by atoms with Crippen molar-refractivity contribution in [2.45, 2.75) is 44.0 Å². The molecule has 2 aromatic rings. The number of carbonyl (C=O) groups is 2. The van der Waals surface area contributed by atoms with Crippen LogP contribution < -0.4 is 25.6 Å². The van der Waals surface area contributed by atoms with Gasteiger partial charge in [-0.3, -0.25) is 9.69 Å². The maximum Gasteiger partial charge on any atom is 0.331 e. The molecule has 8 heteroatoms. The van der Waals surface area contributed by atoms with E-state index in [2.05, 4.69) is 16.0 Å². The summed E-state index contributed by atoms with van der Waals surface area (Å²) in [6.45, 7) is 1.96. The van der Waals surface area contributed by atoms with Crippen molar-refractivity contribution in [3.63, 3.8) is 0 Å². The number of dihydropyridines is 1. The Balaban J connectivity index is 1.33. The monoisotopic (exact) mass is 486 g/mol. The number of nitrogens with zero attached hydrogens (tertiary/aromatic N) is 1. The third kappa shape index (κ3) is 3.97. The fourth-order valence-electron chi connectivity index (χ4n) is 5.06. The molecule has 178 valence electrons. The Morgan fingerprint density at radius 3 is 2.69 bits per heavy atom. The van der Waals surface area contributed by atoms with E-state index in [1.54, 1.807) is 4.90 Å². The number of anilines is 1. The SMILES string of the molecule is Cc1cc(Oc2ccccc2)ccc1N1C(=O)NC2=C(C(=O)NC3CCCC3)SC3NC=CC1=C23. The van der Waals surface area contributed by atoms with E-state index in [0.717, 1.165) is 54.0 Å². The summed E-state index contributed by atoms with van der Waals surface area (Å²) in [5, 5.41) is 9.38. The Morgan fingerprint density at radius 2 is 1.91 bits per heavy atom.